The van der Waals surface area contributed by atoms with Crippen LogP contribution in [0.4, 0.5) is 0 Å². The highest BCUT2D eigenvalue weighted by atomic mass is 28.3. The Bertz CT molecular complexity index is 503. The van der Waals surface area contributed by atoms with Crippen LogP contribution in [0.3, 0.4) is 0 Å². The molecule has 0 aromatic heterocycles. The fourth-order valence-corrected chi connectivity index (χ4v) is 7.47. The smallest absolute Gasteiger partial charge is 0.302 e. The van der Waals surface area contributed by atoms with Crippen LogP contribution in [0.2, 0.25) is 12.6 Å². The lowest BCUT2D eigenvalue weighted by atomic mass is 10.4. The van der Waals surface area contributed by atoms with Gasteiger partial charge in [-0.2, -0.15) is 0 Å². The number of benzene rings is 1. The molecule has 1 aromatic carbocycles. The van der Waals surface area contributed by atoms with Gasteiger partial charge in [0.2, 0.25) is 0 Å². The van der Waals surface area contributed by atoms with Crippen molar-refractivity contribution < 1.29 is 19.1 Å². The van der Waals surface area contributed by atoms with Gasteiger partial charge >= 0.3 is 11.9 Å². The summed E-state index contributed by atoms with van der Waals surface area (Å²) in [6.45, 7) is 8.98. The lowest BCUT2D eigenvalue weighted by molar-refractivity contribution is -0.146. The highest BCUT2D eigenvalue weighted by Gasteiger charge is 2.41. The summed E-state index contributed by atoms with van der Waals surface area (Å²) < 4.78 is 10.9. The lowest BCUT2D eigenvalue weighted by Crippen LogP contribution is -2.58. The molecular formula is C17H26O4Si. The van der Waals surface area contributed by atoms with Crippen molar-refractivity contribution in [3.63, 3.8) is 0 Å². The lowest BCUT2D eigenvalue weighted by Gasteiger charge is -2.36. The summed E-state index contributed by atoms with van der Waals surface area (Å²) in [7, 11) is -2.17. The zero-order valence-electron chi connectivity index (χ0n) is 14.1. The van der Waals surface area contributed by atoms with Crippen molar-refractivity contribution in [1.82, 2.24) is 0 Å². The molecule has 1 aromatic rings. The third-order valence-electron chi connectivity index (χ3n) is 3.90. The molecular weight excluding hydrogens is 296 g/mol. The molecule has 0 amide bonds. The first-order valence-corrected chi connectivity index (χ1v) is 10.5. The molecule has 0 N–H and O–H groups in total. The van der Waals surface area contributed by atoms with Crippen LogP contribution in [0.1, 0.15) is 34.1 Å². The molecule has 0 saturated heterocycles. The van der Waals surface area contributed by atoms with Crippen molar-refractivity contribution >= 4 is 25.2 Å². The zero-order valence-corrected chi connectivity index (χ0v) is 15.1. The monoisotopic (exact) mass is 322 g/mol. The minimum Gasteiger partial charge on any atom is -0.466 e. The second-order valence-electron chi connectivity index (χ2n) is 5.91. The summed E-state index contributed by atoms with van der Waals surface area (Å²) in [5, 5.41) is 1.21. The van der Waals surface area contributed by atoms with E-state index >= 15 is 0 Å². The maximum atomic E-state index is 11.5. The molecule has 0 aliphatic rings. The van der Waals surface area contributed by atoms with Gasteiger partial charge < -0.3 is 9.47 Å². The summed E-state index contributed by atoms with van der Waals surface area (Å²) in [4.78, 5) is 22.7. The van der Waals surface area contributed by atoms with Crippen molar-refractivity contribution in [3.05, 3.63) is 30.3 Å². The number of ether oxygens (including phenoxy) is 2. The summed E-state index contributed by atoms with van der Waals surface area (Å²) in [5.74, 6) is -0.543. The quantitative estimate of drug-likeness (QED) is 0.572. The Kier molecular flexibility index (Phi) is 6.81. The number of esters is 2. The highest BCUT2D eigenvalue weighted by molar-refractivity contribution is 6.92. The predicted octanol–water partition coefficient (Wildman–Crippen LogP) is 2.80. The Morgan fingerprint density at radius 1 is 1.09 bits per heavy atom. The Labute approximate surface area is 133 Å². The third kappa shape index (κ3) is 4.98. The minimum absolute atomic E-state index is 0.134. The molecule has 122 valence electrons. The number of rotatable bonds is 7. The van der Waals surface area contributed by atoms with Crippen LogP contribution < -0.4 is 5.19 Å². The largest absolute Gasteiger partial charge is 0.466 e. The summed E-state index contributed by atoms with van der Waals surface area (Å²) >= 11 is 0. The van der Waals surface area contributed by atoms with Crippen LogP contribution in [0.25, 0.3) is 0 Å². The average molecular weight is 322 g/mol. The fourth-order valence-electron chi connectivity index (χ4n) is 3.04. The van der Waals surface area contributed by atoms with Gasteiger partial charge in [0.05, 0.1) is 11.8 Å². The topological polar surface area (TPSA) is 52.6 Å². The van der Waals surface area contributed by atoms with Gasteiger partial charge in [-0.05, 0) is 19.4 Å². The molecule has 0 aliphatic carbocycles. The SMILES string of the molecule is CCC(OC(C)=O)[Si](C)(CC(C)OC(C)=O)c1ccccc1. The van der Waals surface area contributed by atoms with Crippen molar-refractivity contribution in [2.75, 3.05) is 0 Å². The molecule has 1 rings (SSSR count). The normalized spacial score (nSPS) is 16.2. The molecule has 0 spiro atoms. The zero-order chi connectivity index (χ0) is 16.8. The number of hydrogen-bond acceptors (Lipinski definition) is 4. The van der Waals surface area contributed by atoms with Gasteiger partial charge in [0.15, 0.2) is 0 Å². The molecule has 3 unspecified atom stereocenters. The van der Waals surface area contributed by atoms with Crippen LogP contribution in [0.5, 0.6) is 0 Å². The summed E-state index contributed by atoms with van der Waals surface area (Å²) in [6.07, 6.45) is 0.559. The minimum atomic E-state index is -2.17. The van der Waals surface area contributed by atoms with Crippen molar-refractivity contribution in [2.24, 2.45) is 0 Å². The van der Waals surface area contributed by atoms with Crippen LogP contribution in [-0.2, 0) is 19.1 Å². The standard InChI is InChI=1S/C17H26O4Si/c1-6-17(21-15(4)19)22(5,12-13(2)20-14(3)18)16-10-8-7-9-11-16/h7-11,13,17H,6,12H2,1-5H3. The van der Waals surface area contributed by atoms with Gasteiger partial charge in [-0.25, -0.2) is 0 Å². The van der Waals surface area contributed by atoms with Crippen LogP contribution >= 0.6 is 0 Å². The Morgan fingerprint density at radius 3 is 2.09 bits per heavy atom. The third-order valence-corrected chi connectivity index (χ3v) is 8.92. The van der Waals surface area contributed by atoms with Gasteiger partial charge in [-0.1, -0.05) is 49.0 Å². The first kappa shape index (κ1) is 18.4. The van der Waals surface area contributed by atoms with E-state index in [9.17, 15) is 9.59 Å². The van der Waals surface area contributed by atoms with E-state index in [4.69, 9.17) is 9.47 Å². The van der Waals surface area contributed by atoms with Gasteiger partial charge in [0.25, 0.3) is 0 Å². The van der Waals surface area contributed by atoms with E-state index in [1.54, 1.807) is 0 Å². The van der Waals surface area contributed by atoms with E-state index in [0.29, 0.717) is 0 Å². The van der Waals surface area contributed by atoms with E-state index in [2.05, 4.69) is 18.7 Å². The molecule has 0 bridgehead atoms. The van der Waals surface area contributed by atoms with Crippen molar-refractivity contribution in [1.29, 1.82) is 0 Å². The molecule has 22 heavy (non-hydrogen) atoms. The Hall–Kier alpha value is -1.62. The molecule has 4 nitrogen and oxygen atoms in total. The number of carbonyl (C=O) groups is 2. The first-order valence-electron chi connectivity index (χ1n) is 7.69. The fraction of sp³-hybridized carbons (Fsp3) is 0.529. The van der Waals surface area contributed by atoms with Crippen LogP contribution in [0.15, 0.2) is 30.3 Å². The van der Waals surface area contributed by atoms with Gasteiger partial charge in [-0.3, -0.25) is 9.59 Å². The molecule has 3 atom stereocenters. The van der Waals surface area contributed by atoms with E-state index in [1.165, 1.54) is 19.0 Å². The predicted molar refractivity (Wildman–Crippen MR) is 89.6 cm³/mol. The van der Waals surface area contributed by atoms with Gasteiger partial charge in [0, 0.05) is 13.8 Å². The van der Waals surface area contributed by atoms with Crippen molar-refractivity contribution in [3.8, 4) is 0 Å². The van der Waals surface area contributed by atoms with E-state index in [1.807, 2.05) is 32.0 Å². The average Bonchev–Trinajstić information content (AvgIpc) is 2.44. The molecule has 0 radical (unpaired) electrons. The number of carbonyl (C=O) groups excluding carboxylic acids is 2. The Morgan fingerprint density at radius 2 is 1.64 bits per heavy atom. The summed E-state index contributed by atoms with van der Waals surface area (Å²) in [5.41, 5.74) is -0.134. The number of hydrogen-bond donors (Lipinski definition) is 0. The first-order chi connectivity index (χ1) is 10.3. The molecule has 0 saturated carbocycles. The van der Waals surface area contributed by atoms with E-state index in [0.717, 1.165) is 12.5 Å². The molecule has 0 heterocycles. The second-order valence-corrected chi connectivity index (χ2v) is 10.4. The van der Waals surface area contributed by atoms with Crippen LogP contribution in [0, 0.1) is 0 Å². The highest BCUT2D eigenvalue weighted by Crippen LogP contribution is 2.24. The van der Waals surface area contributed by atoms with Crippen LogP contribution in [-0.4, -0.2) is 31.8 Å². The van der Waals surface area contributed by atoms with E-state index < -0.39 is 8.07 Å². The summed E-state index contributed by atoms with van der Waals surface area (Å²) in [6, 6.07) is 10.9. The molecule has 0 fully saturated rings. The maximum absolute atomic E-state index is 11.5. The van der Waals surface area contributed by atoms with Crippen molar-refractivity contribution in [2.45, 2.75) is 58.5 Å². The molecule has 5 heteroatoms. The second kappa shape index (κ2) is 8.13. The Balaban J connectivity index is 3.13. The maximum Gasteiger partial charge on any atom is 0.302 e. The molecule has 0 aliphatic heterocycles. The van der Waals surface area contributed by atoms with E-state index in [-0.39, 0.29) is 23.8 Å². The van der Waals surface area contributed by atoms with Gasteiger partial charge in [-0.15, -0.1) is 0 Å². The van der Waals surface area contributed by atoms with Gasteiger partial charge in [0.1, 0.15) is 8.07 Å².